The highest BCUT2D eigenvalue weighted by Gasteiger charge is 2.29. The highest BCUT2D eigenvalue weighted by atomic mass is 16.5. The van der Waals surface area contributed by atoms with Crippen LogP contribution in [0.4, 0.5) is 11.6 Å². The van der Waals surface area contributed by atoms with Gasteiger partial charge in [0.2, 0.25) is 5.95 Å². The molecule has 0 amide bonds. The smallest absolute Gasteiger partial charge is 0.306 e. The van der Waals surface area contributed by atoms with Crippen molar-refractivity contribution in [2.45, 2.75) is 44.7 Å². The molecule has 1 aromatic carbocycles. The van der Waals surface area contributed by atoms with Gasteiger partial charge in [0.1, 0.15) is 5.75 Å². The zero-order chi connectivity index (χ0) is 22.2. The molecule has 1 fully saturated rings. The minimum atomic E-state index is -0.728. The molecule has 3 aromatic rings. The van der Waals surface area contributed by atoms with E-state index in [1.165, 1.54) is 11.1 Å². The van der Waals surface area contributed by atoms with Gasteiger partial charge < -0.3 is 20.1 Å². The molecule has 0 bridgehead atoms. The number of ether oxygens (including phenoxy) is 1. The van der Waals surface area contributed by atoms with Gasteiger partial charge in [-0.25, -0.2) is 9.67 Å². The van der Waals surface area contributed by atoms with E-state index in [-0.39, 0.29) is 12.0 Å². The van der Waals surface area contributed by atoms with Crippen molar-refractivity contribution in [3.8, 4) is 5.75 Å². The van der Waals surface area contributed by atoms with E-state index >= 15 is 0 Å². The Morgan fingerprint density at radius 1 is 1.25 bits per heavy atom. The lowest BCUT2D eigenvalue weighted by Crippen LogP contribution is -2.26. The number of fused-ring (bicyclic) bond motifs is 2. The molecule has 32 heavy (non-hydrogen) atoms. The van der Waals surface area contributed by atoms with Crippen molar-refractivity contribution in [1.29, 1.82) is 0 Å². The first-order valence-corrected chi connectivity index (χ1v) is 11.1. The number of hydrogen-bond acceptors (Lipinski definition) is 7. The maximum atomic E-state index is 11.5. The van der Waals surface area contributed by atoms with Crippen LogP contribution in [0.25, 0.3) is 11.0 Å². The average Bonchev–Trinajstić information content (AvgIpc) is 3.22. The summed E-state index contributed by atoms with van der Waals surface area (Å²) in [6.07, 6.45) is 7.58. The molecule has 1 saturated carbocycles. The Morgan fingerprint density at radius 3 is 2.94 bits per heavy atom. The molecule has 3 heterocycles. The van der Waals surface area contributed by atoms with Gasteiger partial charge in [0.15, 0.2) is 5.65 Å². The first-order chi connectivity index (χ1) is 15.5. The predicted molar refractivity (Wildman–Crippen MR) is 120 cm³/mol. The second-order valence-electron chi connectivity index (χ2n) is 8.85. The molecular weight excluding hydrogens is 408 g/mol. The van der Waals surface area contributed by atoms with Crippen LogP contribution in [-0.4, -0.2) is 56.4 Å². The summed E-state index contributed by atoms with van der Waals surface area (Å²) >= 11 is 0. The zero-order valence-corrected chi connectivity index (χ0v) is 18.4. The summed E-state index contributed by atoms with van der Waals surface area (Å²) in [6, 6.07) is 4.24. The fourth-order valence-electron chi connectivity index (χ4n) is 4.89. The number of aliphatic carboxylic acids is 1. The van der Waals surface area contributed by atoms with Crippen LogP contribution >= 0.6 is 0 Å². The molecule has 2 atom stereocenters. The Labute approximate surface area is 186 Å². The molecule has 0 saturated heterocycles. The van der Waals surface area contributed by atoms with Crippen LogP contribution in [-0.2, 0) is 17.8 Å². The molecule has 2 aliphatic rings. The number of carboxylic acid groups (broad SMARTS) is 1. The molecule has 0 unspecified atom stereocenters. The van der Waals surface area contributed by atoms with E-state index in [0.29, 0.717) is 12.4 Å². The third kappa shape index (κ3) is 3.88. The number of carboxylic acids is 1. The monoisotopic (exact) mass is 436 g/mol. The lowest BCUT2D eigenvalue weighted by atomic mass is 9.86. The largest absolute Gasteiger partial charge is 0.495 e. The summed E-state index contributed by atoms with van der Waals surface area (Å²) in [4.78, 5) is 23.0. The molecule has 0 spiro atoms. The van der Waals surface area contributed by atoms with Crippen LogP contribution in [0.15, 0.2) is 24.5 Å². The van der Waals surface area contributed by atoms with E-state index in [0.717, 1.165) is 61.2 Å². The molecule has 0 radical (unpaired) electrons. The van der Waals surface area contributed by atoms with Gasteiger partial charge in [0.05, 0.1) is 36.3 Å². The minimum absolute atomic E-state index is 0.0268. The van der Waals surface area contributed by atoms with Crippen molar-refractivity contribution < 1.29 is 14.6 Å². The average molecular weight is 437 g/mol. The van der Waals surface area contributed by atoms with E-state index in [9.17, 15) is 9.90 Å². The first-order valence-electron chi connectivity index (χ1n) is 11.1. The number of likely N-dealkylation sites (N-methyl/N-ethyl adjacent to an activating group) is 1. The lowest BCUT2D eigenvalue weighted by molar-refractivity contribution is -0.143. The van der Waals surface area contributed by atoms with Gasteiger partial charge in [0.25, 0.3) is 0 Å². The second-order valence-corrected chi connectivity index (χ2v) is 8.85. The molecule has 1 aliphatic heterocycles. The normalized spacial score (nSPS) is 21.3. The van der Waals surface area contributed by atoms with E-state index in [1.54, 1.807) is 19.5 Å². The maximum absolute atomic E-state index is 11.5. The second kappa shape index (κ2) is 8.38. The van der Waals surface area contributed by atoms with E-state index < -0.39 is 5.97 Å². The number of aromatic nitrogens is 4. The molecule has 168 valence electrons. The fraction of sp³-hybridized carbons (Fsp3) is 0.478. The highest BCUT2D eigenvalue weighted by molar-refractivity contribution is 5.76. The van der Waals surface area contributed by atoms with Crippen LogP contribution < -0.4 is 10.1 Å². The third-order valence-electron chi connectivity index (χ3n) is 6.65. The summed E-state index contributed by atoms with van der Waals surface area (Å²) in [6.45, 7) is 1.93. The van der Waals surface area contributed by atoms with Crippen molar-refractivity contribution in [3.05, 3.63) is 35.7 Å². The molecule has 1 aliphatic carbocycles. The fourth-order valence-corrected chi connectivity index (χ4v) is 4.89. The van der Waals surface area contributed by atoms with E-state index in [2.05, 4.69) is 39.5 Å². The summed E-state index contributed by atoms with van der Waals surface area (Å²) in [5.74, 6) is 0.174. The van der Waals surface area contributed by atoms with Crippen LogP contribution in [0, 0.1) is 5.92 Å². The molecule has 9 nitrogen and oxygen atoms in total. The standard InChI is InChI=1S/C23H28N6O3/c1-28-7-6-14-10-20(32-2)19(9-16(14)13-28)26-23-24-11-17-12-25-29(21(17)27-23)18-5-3-4-15(8-18)22(30)31/h9-12,15,18H,3-8,13H2,1-2H3,(H,30,31)(H,24,26,27)/t15-,18-/m0/s1. The van der Waals surface area contributed by atoms with Gasteiger partial charge in [-0.3, -0.25) is 4.79 Å². The van der Waals surface area contributed by atoms with Crippen molar-refractivity contribution in [1.82, 2.24) is 24.6 Å². The van der Waals surface area contributed by atoms with Gasteiger partial charge in [-0.2, -0.15) is 10.1 Å². The van der Waals surface area contributed by atoms with Gasteiger partial charge in [-0.15, -0.1) is 0 Å². The minimum Gasteiger partial charge on any atom is -0.495 e. The van der Waals surface area contributed by atoms with Gasteiger partial charge >= 0.3 is 5.97 Å². The lowest BCUT2D eigenvalue weighted by Gasteiger charge is -2.27. The molecule has 5 rings (SSSR count). The Balaban J connectivity index is 1.45. The van der Waals surface area contributed by atoms with Gasteiger partial charge in [-0.1, -0.05) is 6.42 Å². The number of hydrogen-bond donors (Lipinski definition) is 2. The van der Waals surface area contributed by atoms with Gasteiger partial charge in [0, 0.05) is 19.3 Å². The molecular formula is C23H28N6O3. The van der Waals surface area contributed by atoms with Gasteiger partial charge in [-0.05, 0) is 56.0 Å². The summed E-state index contributed by atoms with van der Waals surface area (Å²) in [5.41, 5.74) is 4.13. The topological polar surface area (TPSA) is 105 Å². The molecule has 9 heteroatoms. The van der Waals surface area contributed by atoms with Crippen molar-refractivity contribution in [3.63, 3.8) is 0 Å². The van der Waals surface area contributed by atoms with E-state index in [1.807, 2.05) is 4.68 Å². The number of rotatable bonds is 5. The third-order valence-corrected chi connectivity index (χ3v) is 6.65. The van der Waals surface area contributed by atoms with Crippen LogP contribution in [0.1, 0.15) is 42.9 Å². The van der Waals surface area contributed by atoms with Crippen LogP contribution in [0.5, 0.6) is 5.75 Å². The van der Waals surface area contributed by atoms with Crippen molar-refractivity contribution in [2.24, 2.45) is 5.92 Å². The number of nitrogens with zero attached hydrogens (tertiary/aromatic N) is 5. The predicted octanol–water partition coefficient (Wildman–Crippen LogP) is 3.38. The highest BCUT2D eigenvalue weighted by Crippen LogP contribution is 2.35. The van der Waals surface area contributed by atoms with Crippen molar-refractivity contribution >= 4 is 28.6 Å². The number of methoxy groups -OCH3 is 1. The number of benzene rings is 1. The Kier molecular flexibility index (Phi) is 5.42. The Morgan fingerprint density at radius 2 is 2.12 bits per heavy atom. The molecule has 2 N–H and O–H groups in total. The SMILES string of the molecule is COc1cc2c(cc1Nc1ncc3cnn([C@H]4CCC[C@H](C(=O)O)C4)c3n1)CN(C)CC2. The Bertz CT molecular complexity index is 1160. The van der Waals surface area contributed by atoms with Crippen LogP contribution in [0.2, 0.25) is 0 Å². The summed E-state index contributed by atoms with van der Waals surface area (Å²) in [7, 11) is 3.79. The first kappa shape index (κ1) is 20.7. The summed E-state index contributed by atoms with van der Waals surface area (Å²) < 4.78 is 7.50. The quantitative estimate of drug-likeness (QED) is 0.627. The summed E-state index contributed by atoms with van der Waals surface area (Å²) in [5, 5.41) is 18.1. The number of anilines is 2. The maximum Gasteiger partial charge on any atom is 0.306 e. The van der Waals surface area contributed by atoms with E-state index in [4.69, 9.17) is 9.72 Å². The zero-order valence-electron chi connectivity index (χ0n) is 18.4. The van der Waals surface area contributed by atoms with Crippen molar-refractivity contribution in [2.75, 3.05) is 26.0 Å². The number of nitrogens with one attached hydrogen (secondary N) is 1. The number of carbonyl (C=O) groups is 1. The Hall–Kier alpha value is -3.20. The molecule has 2 aromatic heterocycles. The van der Waals surface area contributed by atoms with Crippen LogP contribution in [0.3, 0.4) is 0 Å².